The van der Waals surface area contributed by atoms with Gasteiger partial charge in [0.2, 0.25) is 0 Å². The quantitative estimate of drug-likeness (QED) is 0.139. The predicted octanol–water partition coefficient (Wildman–Crippen LogP) is 7.17. The fourth-order valence-electron chi connectivity index (χ4n) is 4.00. The minimum Gasteiger partial charge on any atom is -0.521 e. The Hall–Kier alpha value is -2.51. The second kappa shape index (κ2) is 11.0. The fourth-order valence-corrected chi connectivity index (χ4v) is 4.00. The molecule has 0 amide bonds. The van der Waals surface area contributed by atoms with Crippen molar-refractivity contribution in [2.24, 2.45) is 0 Å². The standard InChI is InChI=1S/2C13H9.C2H3.CH3.Hf/c2*1-3-7-12-10(5-1)9-11-6-2-4-8-13(11)12;1-2;;/h2*1-5,7-8H,9H2;1H,2H2;1H3;/q4*-1;+4. The van der Waals surface area contributed by atoms with Gasteiger partial charge in [0, 0.05) is 0 Å². The molecule has 4 aromatic carbocycles. The van der Waals surface area contributed by atoms with Crippen molar-refractivity contribution in [3.8, 4) is 22.3 Å². The van der Waals surface area contributed by atoms with Crippen molar-refractivity contribution in [3.63, 3.8) is 0 Å². The van der Waals surface area contributed by atoms with E-state index < -0.39 is 0 Å². The van der Waals surface area contributed by atoms with Crippen LogP contribution in [0.3, 0.4) is 0 Å². The van der Waals surface area contributed by atoms with Crippen molar-refractivity contribution in [2.45, 2.75) is 12.8 Å². The van der Waals surface area contributed by atoms with Gasteiger partial charge in [0.05, 0.1) is 0 Å². The summed E-state index contributed by atoms with van der Waals surface area (Å²) in [7, 11) is 0. The summed E-state index contributed by atoms with van der Waals surface area (Å²) in [5.74, 6) is 0. The van der Waals surface area contributed by atoms with E-state index >= 15 is 0 Å². The first-order valence-electron chi connectivity index (χ1n) is 9.47. The first kappa shape index (κ1) is 23.8. The maximum atomic E-state index is 4.25. The van der Waals surface area contributed by atoms with E-state index in [9.17, 15) is 0 Å². The summed E-state index contributed by atoms with van der Waals surface area (Å²) < 4.78 is 0. The van der Waals surface area contributed by atoms with E-state index in [1.54, 1.807) is 0 Å². The Bertz CT molecular complexity index is 934. The van der Waals surface area contributed by atoms with Gasteiger partial charge >= 0.3 is 25.8 Å². The van der Waals surface area contributed by atoms with Crippen LogP contribution in [-0.2, 0) is 38.7 Å². The third kappa shape index (κ3) is 4.63. The molecule has 0 spiro atoms. The summed E-state index contributed by atoms with van der Waals surface area (Å²) in [6.45, 7) is 7.00. The molecule has 0 aliphatic heterocycles. The number of benzene rings is 4. The second-order valence-electron chi connectivity index (χ2n) is 6.79. The molecule has 144 valence electrons. The van der Waals surface area contributed by atoms with Gasteiger partial charge < -0.3 is 14.0 Å². The molecule has 0 fully saturated rings. The maximum Gasteiger partial charge on any atom is 4.00 e. The van der Waals surface area contributed by atoms with Crippen molar-refractivity contribution in [2.75, 3.05) is 0 Å². The van der Waals surface area contributed by atoms with E-state index in [4.69, 9.17) is 0 Å². The molecule has 0 bridgehead atoms. The molecule has 0 atom stereocenters. The molecule has 0 radical (unpaired) electrons. The van der Waals surface area contributed by atoms with E-state index in [0.717, 1.165) is 12.8 Å². The van der Waals surface area contributed by atoms with Gasteiger partial charge in [0.15, 0.2) is 0 Å². The van der Waals surface area contributed by atoms with Crippen LogP contribution in [0.5, 0.6) is 0 Å². The summed E-state index contributed by atoms with van der Waals surface area (Å²) >= 11 is 0. The zero-order chi connectivity index (χ0) is 19.3. The van der Waals surface area contributed by atoms with Crippen molar-refractivity contribution in [1.29, 1.82) is 0 Å². The topological polar surface area (TPSA) is 0 Å². The smallest absolute Gasteiger partial charge is 0.521 e. The number of fused-ring (bicyclic) bond motifs is 6. The molecule has 1 heteroatoms. The molecular weight excluding hydrogens is 527 g/mol. The minimum atomic E-state index is 0. The summed E-state index contributed by atoms with van der Waals surface area (Å²) in [4.78, 5) is 0. The monoisotopic (exact) mass is 552 g/mol. The van der Waals surface area contributed by atoms with Crippen LogP contribution in [0.15, 0.2) is 91.5 Å². The van der Waals surface area contributed by atoms with Gasteiger partial charge in [-0.15, -0.1) is 11.1 Å². The summed E-state index contributed by atoms with van der Waals surface area (Å²) in [5, 5.41) is 0. The summed E-state index contributed by atoms with van der Waals surface area (Å²) in [5.41, 5.74) is 11.0. The number of rotatable bonds is 0. The minimum absolute atomic E-state index is 0. The van der Waals surface area contributed by atoms with Crippen molar-refractivity contribution in [3.05, 3.63) is 140 Å². The Balaban J connectivity index is 0.000000186. The molecule has 2 aliphatic carbocycles. The zero-order valence-electron chi connectivity index (χ0n) is 17.3. The Morgan fingerprint density at radius 2 is 0.933 bits per heavy atom. The van der Waals surface area contributed by atoms with Crippen molar-refractivity contribution < 1.29 is 25.8 Å². The van der Waals surface area contributed by atoms with Gasteiger partial charge in [-0.25, -0.2) is 0 Å². The van der Waals surface area contributed by atoms with Crippen LogP contribution >= 0.6 is 0 Å². The van der Waals surface area contributed by atoms with Crippen LogP contribution in [0.25, 0.3) is 22.3 Å². The van der Waals surface area contributed by atoms with Crippen LogP contribution in [0.2, 0.25) is 0 Å². The van der Waals surface area contributed by atoms with E-state index in [2.05, 4.69) is 98.1 Å². The first-order chi connectivity index (χ1) is 13.9. The van der Waals surface area contributed by atoms with Crippen LogP contribution < -0.4 is 0 Å². The Labute approximate surface area is 200 Å². The van der Waals surface area contributed by atoms with Crippen LogP contribution in [0.1, 0.15) is 22.3 Å². The Kier molecular flexibility index (Phi) is 8.74. The normalized spacial score (nSPS) is 10.8. The molecule has 0 heterocycles. The molecule has 0 N–H and O–H groups in total. The molecule has 0 saturated heterocycles. The van der Waals surface area contributed by atoms with Crippen LogP contribution in [-0.4, -0.2) is 0 Å². The molecule has 4 aromatic rings. The van der Waals surface area contributed by atoms with Crippen LogP contribution in [0, 0.1) is 26.1 Å². The van der Waals surface area contributed by atoms with E-state index in [1.165, 1.54) is 44.5 Å². The molecular formula is C29H24Hf. The van der Waals surface area contributed by atoms with Gasteiger partial charge in [0.1, 0.15) is 0 Å². The van der Waals surface area contributed by atoms with Crippen molar-refractivity contribution in [1.82, 2.24) is 0 Å². The molecule has 0 saturated carbocycles. The average Bonchev–Trinajstić information content (AvgIpc) is 3.34. The summed E-state index contributed by atoms with van der Waals surface area (Å²) in [6.07, 6.45) is 2.10. The van der Waals surface area contributed by atoms with Gasteiger partial charge in [0.25, 0.3) is 0 Å². The Morgan fingerprint density at radius 1 is 0.567 bits per heavy atom. The number of hydrogen-bond donors (Lipinski definition) is 0. The van der Waals surface area contributed by atoms with Gasteiger partial charge in [-0.1, -0.05) is 70.8 Å². The molecule has 6 rings (SSSR count). The Morgan fingerprint density at radius 3 is 1.37 bits per heavy atom. The molecule has 0 aromatic heterocycles. The van der Waals surface area contributed by atoms with Crippen LogP contribution in [0.4, 0.5) is 0 Å². The average molecular weight is 551 g/mol. The SMILES string of the molecule is [CH-]=C.[CH3-].[Hf+4].[c-]1cccc2c1Cc1ccccc1-2.[c-]1cccc2c1Cc1ccccc1-2. The van der Waals surface area contributed by atoms with Gasteiger partial charge in [-0.05, 0) is 12.8 Å². The molecule has 30 heavy (non-hydrogen) atoms. The maximum absolute atomic E-state index is 4.25. The molecule has 2 aliphatic rings. The molecule has 0 unspecified atom stereocenters. The summed E-state index contributed by atoms with van der Waals surface area (Å²) in [6, 6.07) is 36.2. The number of hydrogen-bond acceptors (Lipinski definition) is 0. The third-order valence-corrected chi connectivity index (χ3v) is 5.23. The second-order valence-corrected chi connectivity index (χ2v) is 6.79. The fraction of sp³-hybridized carbons (Fsp3) is 0.0690. The predicted molar refractivity (Wildman–Crippen MR) is 123 cm³/mol. The van der Waals surface area contributed by atoms with Gasteiger partial charge in [-0.2, -0.15) is 59.7 Å². The van der Waals surface area contributed by atoms with E-state index in [1.807, 2.05) is 12.1 Å². The van der Waals surface area contributed by atoms with E-state index in [0.29, 0.717) is 0 Å². The largest absolute Gasteiger partial charge is 4.00 e. The van der Waals surface area contributed by atoms with E-state index in [-0.39, 0.29) is 33.3 Å². The third-order valence-electron chi connectivity index (χ3n) is 5.23. The van der Waals surface area contributed by atoms with Gasteiger partial charge in [-0.3, -0.25) is 6.58 Å². The zero-order valence-corrected chi connectivity index (χ0v) is 20.9. The van der Waals surface area contributed by atoms with Crippen molar-refractivity contribution >= 4 is 0 Å². The molecule has 0 nitrogen and oxygen atoms in total. The first-order valence-corrected chi connectivity index (χ1v) is 9.47.